The first-order valence-corrected chi connectivity index (χ1v) is 17.6. The molecule has 10 rings (SSSR count). The summed E-state index contributed by atoms with van der Waals surface area (Å²) in [5.74, 6) is 0.887. The zero-order valence-corrected chi connectivity index (χ0v) is 26.8. The minimum absolute atomic E-state index is 0.438. The summed E-state index contributed by atoms with van der Waals surface area (Å²) >= 11 is 2.04. The number of thioether (sulfide) groups is 1. The Labute approximate surface area is 280 Å². The molecule has 0 bridgehead atoms. The minimum atomic E-state index is 0.438. The quantitative estimate of drug-likeness (QED) is 0.191. The summed E-state index contributed by atoms with van der Waals surface area (Å²) in [6, 6.07) is 47.4. The summed E-state index contributed by atoms with van der Waals surface area (Å²) in [4.78, 5) is 1.43. The fourth-order valence-corrected chi connectivity index (χ4v) is 9.77. The first-order valence-electron chi connectivity index (χ1n) is 16.7. The van der Waals surface area contributed by atoms with Crippen LogP contribution in [0.3, 0.4) is 0 Å². The van der Waals surface area contributed by atoms with Crippen molar-refractivity contribution in [2.24, 2.45) is 5.92 Å². The van der Waals surface area contributed by atoms with Gasteiger partial charge in [-0.25, -0.2) is 0 Å². The molecule has 4 aliphatic rings. The maximum absolute atomic E-state index is 2.43. The molecular formula is C46H32S. The van der Waals surface area contributed by atoms with Crippen LogP contribution in [0.4, 0.5) is 0 Å². The van der Waals surface area contributed by atoms with Gasteiger partial charge in [0.15, 0.2) is 0 Å². The molecule has 0 saturated carbocycles. The number of fused-ring (bicyclic) bond motifs is 10. The maximum Gasteiger partial charge on any atom is 0.0454 e. The Bertz CT molecular complexity index is 2350. The predicted octanol–water partition coefficient (Wildman–Crippen LogP) is 12.6. The van der Waals surface area contributed by atoms with E-state index in [1.54, 1.807) is 0 Å². The van der Waals surface area contributed by atoms with E-state index in [1.807, 2.05) is 11.8 Å². The van der Waals surface area contributed by atoms with Crippen LogP contribution in [0.2, 0.25) is 0 Å². The van der Waals surface area contributed by atoms with Crippen molar-refractivity contribution in [3.05, 3.63) is 185 Å². The Kier molecular flexibility index (Phi) is 6.17. The zero-order chi connectivity index (χ0) is 30.9. The van der Waals surface area contributed by atoms with Gasteiger partial charge in [0.05, 0.1) is 0 Å². The lowest BCUT2D eigenvalue weighted by atomic mass is 9.77. The monoisotopic (exact) mass is 616 g/mol. The van der Waals surface area contributed by atoms with Crippen molar-refractivity contribution in [3.63, 3.8) is 0 Å². The van der Waals surface area contributed by atoms with E-state index in [-0.39, 0.29) is 0 Å². The second-order valence-corrected chi connectivity index (χ2v) is 14.3. The molecule has 0 aromatic heterocycles. The lowest BCUT2D eigenvalue weighted by molar-refractivity contribution is 0.819. The lowest BCUT2D eigenvalue weighted by Crippen LogP contribution is -2.09. The van der Waals surface area contributed by atoms with Crippen LogP contribution in [0.5, 0.6) is 0 Å². The fraction of sp³-hybridized carbons (Fsp3) is 0.0870. The van der Waals surface area contributed by atoms with Gasteiger partial charge in [0.1, 0.15) is 0 Å². The number of allylic oxidation sites excluding steroid dienone is 6. The third kappa shape index (κ3) is 4.38. The second kappa shape index (κ2) is 10.7. The van der Waals surface area contributed by atoms with Crippen molar-refractivity contribution >= 4 is 45.8 Å². The smallest absolute Gasteiger partial charge is 0.0454 e. The molecule has 3 atom stereocenters. The fourth-order valence-electron chi connectivity index (χ4n) is 8.14. The molecule has 3 unspecified atom stereocenters. The number of benzene rings is 6. The van der Waals surface area contributed by atoms with Gasteiger partial charge in [-0.15, -0.1) is 11.8 Å². The third-order valence-corrected chi connectivity index (χ3v) is 12.1. The van der Waals surface area contributed by atoms with E-state index in [0.29, 0.717) is 17.1 Å². The molecule has 0 spiro atoms. The Balaban J connectivity index is 0.917. The van der Waals surface area contributed by atoms with Gasteiger partial charge in [-0.2, -0.15) is 0 Å². The molecule has 222 valence electrons. The van der Waals surface area contributed by atoms with Gasteiger partial charge in [0.2, 0.25) is 0 Å². The Hall–Kier alpha value is -5.11. The SMILES string of the molecule is C1=CC2c3cccc(-c4ccc(-c5ccc(C6=CCC7C=Cc8c(ccc9ccccc89)C7=C6)cc5)cc4)c3SC2c2ccccc21. The standard InChI is InChI=1S/C46H32S/c1-3-8-37-32(6-1)22-26-41-40(37)25-23-35-20-21-36(28-44(35)41)31-14-12-29(13-15-31)30-16-18-34(19-17-30)39-10-5-11-42-43-27-24-33-7-2-4-9-38(33)46(43)47-45(39)42/h1-19,21-28,35,43,46H,20H2. The zero-order valence-electron chi connectivity index (χ0n) is 25.9. The molecule has 1 heteroatoms. The van der Waals surface area contributed by atoms with Gasteiger partial charge in [0.25, 0.3) is 0 Å². The van der Waals surface area contributed by atoms with E-state index >= 15 is 0 Å². The number of hydrogen-bond acceptors (Lipinski definition) is 1. The van der Waals surface area contributed by atoms with Crippen LogP contribution in [0.1, 0.15) is 51.0 Å². The van der Waals surface area contributed by atoms with E-state index in [9.17, 15) is 0 Å². The molecule has 6 aromatic carbocycles. The van der Waals surface area contributed by atoms with Crippen molar-refractivity contribution in [2.75, 3.05) is 0 Å². The molecule has 0 amide bonds. The van der Waals surface area contributed by atoms with Crippen LogP contribution in [-0.4, -0.2) is 0 Å². The molecule has 3 aliphatic carbocycles. The van der Waals surface area contributed by atoms with Crippen molar-refractivity contribution in [3.8, 4) is 22.3 Å². The Morgan fingerprint density at radius 1 is 0.553 bits per heavy atom. The highest BCUT2D eigenvalue weighted by atomic mass is 32.2. The first kappa shape index (κ1) is 27.0. The topological polar surface area (TPSA) is 0 Å². The van der Waals surface area contributed by atoms with Gasteiger partial charge < -0.3 is 0 Å². The van der Waals surface area contributed by atoms with E-state index in [1.165, 1.54) is 82.4 Å². The highest BCUT2D eigenvalue weighted by Gasteiger charge is 2.37. The molecule has 1 aliphatic heterocycles. The molecule has 0 fully saturated rings. The van der Waals surface area contributed by atoms with Crippen molar-refractivity contribution in [1.82, 2.24) is 0 Å². The second-order valence-electron chi connectivity index (χ2n) is 13.1. The summed E-state index contributed by atoms with van der Waals surface area (Å²) in [6.45, 7) is 0. The number of hydrogen-bond donors (Lipinski definition) is 0. The normalized spacial score (nSPS) is 20.0. The van der Waals surface area contributed by atoms with Gasteiger partial charge in [-0.3, -0.25) is 0 Å². The summed E-state index contributed by atoms with van der Waals surface area (Å²) in [6.07, 6.45) is 15.3. The lowest BCUT2D eigenvalue weighted by Gasteiger charge is -2.27. The van der Waals surface area contributed by atoms with E-state index < -0.39 is 0 Å². The van der Waals surface area contributed by atoms with Crippen LogP contribution in [-0.2, 0) is 0 Å². The van der Waals surface area contributed by atoms with Gasteiger partial charge in [-0.1, -0.05) is 164 Å². The molecule has 0 N–H and O–H groups in total. The predicted molar refractivity (Wildman–Crippen MR) is 201 cm³/mol. The summed E-state index contributed by atoms with van der Waals surface area (Å²) in [5, 5.41) is 3.09. The highest BCUT2D eigenvalue weighted by Crippen LogP contribution is 2.59. The van der Waals surface area contributed by atoms with Gasteiger partial charge in [-0.05, 0) is 84.0 Å². The van der Waals surface area contributed by atoms with E-state index in [4.69, 9.17) is 0 Å². The van der Waals surface area contributed by atoms with Gasteiger partial charge in [0, 0.05) is 22.0 Å². The third-order valence-electron chi connectivity index (χ3n) is 10.6. The average Bonchev–Trinajstić information content (AvgIpc) is 3.54. The van der Waals surface area contributed by atoms with E-state index in [0.717, 1.165) is 6.42 Å². The van der Waals surface area contributed by atoms with E-state index in [2.05, 4.69) is 164 Å². The minimum Gasteiger partial charge on any atom is -0.116 e. The van der Waals surface area contributed by atoms with Gasteiger partial charge >= 0.3 is 0 Å². The Morgan fingerprint density at radius 3 is 2.17 bits per heavy atom. The van der Waals surface area contributed by atoms with Crippen LogP contribution in [0.25, 0.3) is 56.3 Å². The molecule has 1 heterocycles. The summed E-state index contributed by atoms with van der Waals surface area (Å²) in [5.41, 5.74) is 16.2. The molecule has 0 radical (unpaired) electrons. The summed E-state index contributed by atoms with van der Waals surface area (Å²) < 4.78 is 0. The van der Waals surface area contributed by atoms with Crippen molar-refractivity contribution < 1.29 is 0 Å². The average molecular weight is 617 g/mol. The number of rotatable bonds is 3. The maximum atomic E-state index is 2.43. The highest BCUT2D eigenvalue weighted by molar-refractivity contribution is 8.00. The molecular weight excluding hydrogens is 585 g/mol. The summed E-state index contributed by atoms with van der Waals surface area (Å²) in [7, 11) is 0. The van der Waals surface area contributed by atoms with Crippen LogP contribution < -0.4 is 0 Å². The van der Waals surface area contributed by atoms with Crippen LogP contribution in [0, 0.1) is 5.92 Å². The van der Waals surface area contributed by atoms with Crippen LogP contribution in [0.15, 0.2) is 157 Å². The van der Waals surface area contributed by atoms with Crippen molar-refractivity contribution in [1.29, 1.82) is 0 Å². The molecule has 6 aromatic rings. The first-order chi connectivity index (χ1) is 23.3. The largest absolute Gasteiger partial charge is 0.116 e. The molecule has 47 heavy (non-hydrogen) atoms. The molecule has 0 nitrogen and oxygen atoms in total. The molecule has 0 saturated heterocycles. The Morgan fingerprint density at radius 2 is 1.30 bits per heavy atom. The van der Waals surface area contributed by atoms with Crippen molar-refractivity contribution in [2.45, 2.75) is 22.5 Å². The van der Waals surface area contributed by atoms with Crippen LogP contribution >= 0.6 is 11.8 Å².